The Morgan fingerprint density at radius 2 is 2.20 bits per heavy atom. The molecular formula is C12H22N2O. The topological polar surface area (TPSA) is 45.0 Å². The second-order valence-electron chi connectivity index (χ2n) is 4.27. The lowest BCUT2D eigenvalue weighted by Gasteiger charge is -2.26. The van der Waals surface area contributed by atoms with Gasteiger partial charge in [-0.1, -0.05) is 6.92 Å². The summed E-state index contributed by atoms with van der Waals surface area (Å²) in [7, 11) is 0. The first-order valence-electron chi connectivity index (χ1n) is 6.03. The highest BCUT2D eigenvalue weighted by Crippen LogP contribution is 2.26. The third-order valence-electron chi connectivity index (χ3n) is 2.97. The zero-order valence-electron chi connectivity index (χ0n) is 9.88. The summed E-state index contributed by atoms with van der Waals surface area (Å²) in [5.41, 5.74) is -0.307. The van der Waals surface area contributed by atoms with Crippen molar-refractivity contribution in [3.8, 4) is 6.07 Å². The summed E-state index contributed by atoms with van der Waals surface area (Å²) in [4.78, 5) is 0. The number of hydrogen-bond acceptors (Lipinski definition) is 3. The van der Waals surface area contributed by atoms with Crippen LogP contribution in [0.2, 0.25) is 0 Å². The number of hydrogen-bond donors (Lipinski definition) is 1. The second kappa shape index (κ2) is 6.09. The molecule has 1 atom stereocenters. The van der Waals surface area contributed by atoms with Gasteiger partial charge in [0.05, 0.1) is 6.07 Å². The molecule has 15 heavy (non-hydrogen) atoms. The molecule has 0 amide bonds. The van der Waals surface area contributed by atoms with Crippen LogP contribution >= 0.6 is 0 Å². The highest BCUT2D eigenvalue weighted by Gasteiger charge is 2.34. The minimum absolute atomic E-state index is 0.307. The summed E-state index contributed by atoms with van der Waals surface area (Å²) in [5.74, 6) is 0. The molecular weight excluding hydrogens is 188 g/mol. The van der Waals surface area contributed by atoms with Crippen LogP contribution in [0.25, 0.3) is 0 Å². The third kappa shape index (κ3) is 4.19. The van der Waals surface area contributed by atoms with Crippen molar-refractivity contribution in [2.45, 2.75) is 57.5 Å². The van der Waals surface area contributed by atoms with E-state index in [1.54, 1.807) is 0 Å². The van der Waals surface area contributed by atoms with Gasteiger partial charge in [-0.25, -0.2) is 0 Å². The SMILES string of the molecule is CCOCCCC(C#N)(CC)NC1CC1. The molecule has 0 aliphatic heterocycles. The maximum absolute atomic E-state index is 9.26. The first kappa shape index (κ1) is 12.5. The summed E-state index contributed by atoms with van der Waals surface area (Å²) in [6, 6.07) is 3.04. The van der Waals surface area contributed by atoms with Crippen molar-refractivity contribution in [3.05, 3.63) is 0 Å². The van der Waals surface area contributed by atoms with Crippen LogP contribution < -0.4 is 5.32 Å². The van der Waals surface area contributed by atoms with Crippen molar-refractivity contribution in [3.63, 3.8) is 0 Å². The van der Waals surface area contributed by atoms with Gasteiger partial charge in [0.15, 0.2) is 0 Å². The minimum atomic E-state index is -0.307. The van der Waals surface area contributed by atoms with Crippen LogP contribution in [0.1, 0.15) is 46.0 Å². The zero-order chi connectivity index (χ0) is 11.1. The predicted molar refractivity (Wildman–Crippen MR) is 60.5 cm³/mol. The first-order chi connectivity index (χ1) is 7.26. The Hall–Kier alpha value is -0.590. The van der Waals surface area contributed by atoms with Gasteiger partial charge in [-0.2, -0.15) is 5.26 Å². The smallest absolute Gasteiger partial charge is 0.106 e. The number of nitriles is 1. The molecule has 1 N–H and O–H groups in total. The molecule has 1 rings (SSSR count). The quantitative estimate of drug-likeness (QED) is 0.625. The fraction of sp³-hybridized carbons (Fsp3) is 0.917. The Balaban J connectivity index is 2.30. The molecule has 1 fully saturated rings. The van der Waals surface area contributed by atoms with E-state index in [2.05, 4.69) is 18.3 Å². The molecule has 3 nitrogen and oxygen atoms in total. The molecule has 0 bridgehead atoms. The maximum Gasteiger partial charge on any atom is 0.106 e. The van der Waals surface area contributed by atoms with Gasteiger partial charge in [0.1, 0.15) is 5.54 Å². The van der Waals surface area contributed by atoms with Crippen molar-refractivity contribution < 1.29 is 4.74 Å². The molecule has 1 aliphatic rings. The summed E-state index contributed by atoms with van der Waals surface area (Å²) in [5, 5.41) is 12.7. The van der Waals surface area contributed by atoms with Gasteiger partial charge in [0, 0.05) is 19.3 Å². The lowest BCUT2D eigenvalue weighted by atomic mass is 9.92. The lowest BCUT2D eigenvalue weighted by Crippen LogP contribution is -2.44. The van der Waals surface area contributed by atoms with Gasteiger partial charge in [-0.3, -0.25) is 5.32 Å². The fourth-order valence-electron chi connectivity index (χ4n) is 1.76. The molecule has 0 aromatic carbocycles. The van der Waals surface area contributed by atoms with E-state index in [4.69, 9.17) is 4.74 Å². The average Bonchev–Trinajstić information content (AvgIpc) is 3.06. The summed E-state index contributed by atoms with van der Waals surface area (Å²) < 4.78 is 5.30. The average molecular weight is 210 g/mol. The molecule has 0 spiro atoms. The summed E-state index contributed by atoms with van der Waals surface area (Å²) in [6.07, 6.45) is 5.21. The lowest BCUT2D eigenvalue weighted by molar-refractivity contribution is 0.137. The van der Waals surface area contributed by atoms with Crippen LogP contribution in [0, 0.1) is 11.3 Å². The number of rotatable bonds is 8. The van der Waals surface area contributed by atoms with Crippen LogP contribution in [0.3, 0.4) is 0 Å². The van der Waals surface area contributed by atoms with E-state index in [9.17, 15) is 5.26 Å². The zero-order valence-corrected chi connectivity index (χ0v) is 9.88. The van der Waals surface area contributed by atoms with Crippen molar-refractivity contribution in [1.29, 1.82) is 5.26 Å². The van der Waals surface area contributed by atoms with Crippen molar-refractivity contribution in [2.75, 3.05) is 13.2 Å². The van der Waals surface area contributed by atoms with Crippen LogP contribution in [-0.2, 0) is 4.74 Å². The van der Waals surface area contributed by atoms with Crippen molar-refractivity contribution in [2.24, 2.45) is 0 Å². The van der Waals surface area contributed by atoms with E-state index in [1.807, 2.05) is 6.92 Å². The molecule has 1 saturated carbocycles. The van der Waals surface area contributed by atoms with Gasteiger partial charge in [-0.15, -0.1) is 0 Å². The summed E-state index contributed by atoms with van der Waals surface area (Å²) in [6.45, 7) is 5.62. The molecule has 0 radical (unpaired) electrons. The predicted octanol–water partition coefficient (Wildman–Crippen LogP) is 2.23. The number of nitrogens with zero attached hydrogens (tertiary/aromatic N) is 1. The van der Waals surface area contributed by atoms with E-state index in [1.165, 1.54) is 12.8 Å². The van der Waals surface area contributed by atoms with E-state index in [-0.39, 0.29) is 5.54 Å². The highest BCUT2D eigenvalue weighted by atomic mass is 16.5. The van der Waals surface area contributed by atoms with Crippen LogP contribution in [0.4, 0.5) is 0 Å². The molecule has 0 aromatic rings. The number of nitrogens with one attached hydrogen (secondary N) is 1. The maximum atomic E-state index is 9.26. The molecule has 0 aromatic heterocycles. The first-order valence-corrected chi connectivity index (χ1v) is 6.03. The Bertz CT molecular complexity index is 220. The van der Waals surface area contributed by atoms with E-state index < -0.39 is 0 Å². The largest absolute Gasteiger partial charge is 0.382 e. The fourth-order valence-corrected chi connectivity index (χ4v) is 1.76. The Morgan fingerprint density at radius 1 is 1.47 bits per heavy atom. The van der Waals surface area contributed by atoms with E-state index in [0.29, 0.717) is 6.04 Å². The Morgan fingerprint density at radius 3 is 2.67 bits per heavy atom. The van der Waals surface area contributed by atoms with Gasteiger partial charge >= 0.3 is 0 Å². The van der Waals surface area contributed by atoms with Crippen LogP contribution in [-0.4, -0.2) is 24.8 Å². The van der Waals surface area contributed by atoms with Crippen molar-refractivity contribution >= 4 is 0 Å². The second-order valence-corrected chi connectivity index (χ2v) is 4.27. The Kier molecular flexibility index (Phi) is 5.07. The standard InChI is InChI=1S/C12H22N2O/c1-3-12(10-13,14-11-6-7-11)8-5-9-15-4-2/h11,14H,3-9H2,1-2H3. The van der Waals surface area contributed by atoms with Gasteiger partial charge in [0.2, 0.25) is 0 Å². The molecule has 3 heteroatoms. The minimum Gasteiger partial charge on any atom is -0.382 e. The normalized spacial score (nSPS) is 19.5. The van der Waals surface area contributed by atoms with Crippen LogP contribution in [0.5, 0.6) is 0 Å². The molecule has 1 unspecified atom stereocenters. The molecule has 0 saturated heterocycles. The number of ether oxygens (including phenoxy) is 1. The van der Waals surface area contributed by atoms with Gasteiger partial charge in [0.25, 0.3) is 0 Å². The molecule has 0 heterocycles. The monoisotopic (exact) mass is 210 g/mol. The Labute approximate surface area is 92.8 Å². The van der Waals surface area contributed by atoms with Gasteiger partial charge in [-0.05, 0) is 39.0 Å². The molecule has 1 aliphatic carbocycles. The highest BCUT2D eigenvalue weighted by molar-refractivity contribution is 5.09. The van der Waals surface area contributed by atoms with Crippen LogP contribution in [0.15, 0.2) is 0 Å². The summed E-state index contributed by atoms with van der Waals surface area (Å²) >= 11 is 0. The molecule has 86 valence electrons. The van der Waals surface area contributed by atoms with Gasteiger partial charge < -0.3 is 4.74 Å². The van der Waals surface area contributed by atoms with Crippen molar-refractivity contribution in [1.82, 2.24) is 5.32 Å². The van der Waals surface area contributed by atoms with E-state index >= 15 is 0 Å². The van der Waals surface area contributed by atoms with E-state index in [0.717, 1.165) is 32.5 Å². The third-order valence-corrected chi connectivity index (χ3v) is 2.97.